The summed E-state index contributed by atoms with van der Waals surface area (Å²) >= 11 is 0. The highest BCUT2D eigenvalue weighted by Gasteiger charge is 2.35. The standard InChI is InChI=1S/C21H20FN3O2/c1-12-4-5-13(2)17(8-12)20-23-21(27-24-20)15-10-19(26)25(11-15)18-7-6-16(22)9-14(18)3/h4-9,15H,10-11H2,1-3H3. The van der Waals surface area contributed by atoms with Crippen molar-refractivity contribution in [2.24, 2.45) is 0 Å². The molecule has 0 aliphatic carbocycles. The van der Waals surface area contributed by atoms with E-state index in [9.17, 15) is 9.18 Å². The first-order valence-electron chi connectivity index (χ1n) is 8.90. The fourth-order valence-corrected chi connectivity index (χ4v) is 3.51. The Kier molecular flexibility index (Phi) is 4.26. The van der Waals surface area contributed by atoms with Gasteiger partial charge in [-0.3, -0.25) is 4.79 Å². The van der Waals surface area contributed by atoms with Crippen LogP contribution in [0, 0.1) is 26.6 Å². The molecule has 0 saturated carbocycles. The minimum absolute atomic E-state index is 0.0267. The third kappa shape index (κ3) is 3.23. The number of rotatable bonds is 3. The van der Waals surface area contributed by atoms with Crippen LogP contribution in [-0.4, -0.2) is 22.6 Å². The minimum atomic E-state index is -0.311. The number of hydrogen-bond donors (Lipinski definition) is 0. The molecule has 1 unspecified atom stereocenters. The van der Waals surface area contributed by atoms with E-state index < -0.39 is 0 Å². The monoisotopic (exact) mass is 365 g/mol. The second-order valence-electron chi connectivity index (χ2n) is 7.11. The van der Waals surface area contributed by atoms with Gasteiger partial charge in [-0.05, 0) is 56.2 Å². The Morgan fingerprint density at radius 3 is 2.70 bits per heavy atom. The van der Waals surface area contributed by atoms with E-state index in [2.05, 4.69) is 10.1 Å². The largest absolute Gasteiger partial charge is 0.339 e. The van der Waals surface area contributed by atoms with Gasteiger partial charge < -0.3 is 9.42 Å². The molecule has 138 valence electrons. The number of aromatic nitrogens is 2. The number of aryl methyl sites for hydroxylation is 3. The van der Waals surface area contributed by atoms with Crippen LogP contribution in [-0.2, 0) is 4.79 Å². The predicted molar refractivity (Wildman–Crippen MR) is 100 cm³/mol. The Morgan fingerprint density at radius 1 is 1.11 bits per heavy atom. The summed E-state index contributed by atoms with van der Waals surface area (Å²) in [6, 6.07) is 10.5. The Balaban J connectivity index is 1.60. The van der Waals surface area contributed by atoms with Gasteiger partial charge in [0, 0.05) is 24.2 Å². The van der Waals surface area contributed by atoms with Gasteiger partial charge in [-0.1, -0.05) is 22.9 Å². The van der Waals surface area contributed by atoms with Gasteiger partial charge in [-0.25, -0.2) is 4.39 Å². The van der Waals surface area contributed by atoms with Crippen LogP contribution >= 0.6 is 0 Å². The zero-order valence-electron chi connectivity index (χ0n) is 15.5. The lowest BCUT2D eigenvalue weighted by Crippen LogP contribution is -2.25. The first-order chi connectivity index (χ1) is 12.9. The quantitative estimate of drug-likeness (QED) is 0.693. The van der Waals surface area contributed by atoms with Crippen LogP contribution in [0.2, 0.25) is 0 Å². The third-order valence-electron chi connectivity index (χ3n) is 5.00. The summed E-state index contributed by atoms with van der Waals surface area (Å²) in [6.07, 6.45) is 0.297. The van der Waals surface area contributed by atoms with Crippen molar-refractivity contribution in [1.29, 1.82) is 0 Å². The summed E-state index contributed by atoms with van der Waals surface area (Å²) in [6.45, 7) is 6.26. The van der Waals surface area contributed by atoms with Crippen LogP contribution in [0.5, 0.6) is 0 Å². The number of benzene rings is 2. The molecule has 1 aliphatic rings. The molecule has 5 nitrogen and oxygen atoms in total. The molecule has 1 amide bonds. The summed E-state index contributed by atoms with van der Waals surface area (Å²) in [5.74, 6) is 0.487. The van der Waals surface area contributed by atoms with Gasteiger partial charge in [0.1, 0.15) is 5.82 Å². The maximum Gasteiger partial charge on any atom is 0.232 e. The highest BCUT2D eigenvalue weighted by atomic mass is 19.1. The predicted octanol–water partition coefficient (Wildman–Crippen LogP) is 4.32. The second-order valence-corrected chi connectivity index (χ2v) is 7.11. The van der Waals surface area contributed by atoms with Crippen LogP contribution in [0.15, 0.2) is 40.9 Å². The van der Waals surface area contributed by atoms with E-state index in [1.54, 1.807) is 17.9 Å². The molecule has 2 aromatic carbocycles. The Hall–Kier alpha value is -3.02. The summed E-state index contributed by atoms with van der Waals surface area (Å²) < 4.78 is 18.8. The van der Waals surface area contributed by atoms with Gasteiger partial charge in [0.05, 0.1) is 5.92 Å². The molecule has 3 aromatic rings. The number of nitrogens with zero attached hydrogens (tertiary/aromatic N) is 3. The van der Waals surface area contributed by atoms with Gasteiger partial charge in [-0.15, -0.1) is 0 Å². The average Bonchev–Trinajstić information content (AvgIpc) is 3.24. The molecule has 1 aromatic heterocycles. The van der Waals surface area contributed by atoms with Crippen molar-refractivity contribution in [1.82, 2.24) is 10.1 Å². The Bertz CT molecular complexity index is 1030. The zero-order valence-corrected chi connectivity index (χ0v) is 15.5. The molecule has 27 heavy (non-hydrogen) atoms. The molecule has 1 atom stereocenters. The SMILES string of the molecule is Cc1ccc(C)c(-c2noc(C3CC(=O)N(c4ccc(F)cc4C)C3)n2)c1. The lowest BCUT2D eigenvalue weighted by atomic mass is 10.1. The molecule has 0 N–H and O–H groups in total. The zero-order chi connectivity index (χ0) is 19.1. The van der Waals surface area contributed by atoms with Crippen molar-refractivity contribution < 1.29 is 13.7 Å². The maximum atomic E-state index is 13.4. The van der Waals surface area contributed by atoms with Crippen molar-refractivity contribution in [3.05, 3.63) is 64.8 Å². The smallest absolute Gasteiger partial charge is 0.232 e. The van der Waals surface area contributed by atoms with Gasteiger partial charge in [0.25, 0.3) is 0 Å². The minimum Gasteiger partial charge on any atom is -0.339 e. The molecule has 1 aliphatic heterocycles. The highest BCUT2D eigenvalue weighted by molar-refractivity contribution is 5.97. The number of hydrogen-bond acceptors (Lipinski definition) is 4. The van der Waals surface area contributed by atoms with Crippen molar-refractivity contribution in [2.45, 2.75) is 33.1 Å². The topological polar surface area (TPSA) is 59.2 Å². The molecular formula is C21H20FN3O2. The summed E-state index contributed by atoms with van der Waals surface area (Å²) in [7, 11) is 0. The molecule has 0 spiro atoms. The summed E-state index contributed by atoms with van der Waals surface area (Å²) in [5, 5.41) is 4.12. The van der Waals surface area contributed by atoms with Crippen molar-refractivity contribution in [3.8, 4) is 11.4 Å². The molecular weight excluding hydrogens is 345 g/mol. The van der Waals surface area contributed by atoms with E-state index in [1.807, 2.05) is 32.0 Å². The van der Waals surface area contributed by atoms with E-state index in [0.717, 1.165) is 27.9 Å². The lowest BCUT2D eigenvalue weighted by Gasteiger charge is -2.18. The van der Waals surface area contributed by atoms with Crippen molar-refractivity contribution >= 4 is 11.6 Å². The van der Waals surface area contributed by atoms with E-state index in [-0.39, 0.29) is 17.6 Å². The van der Waals surface area contributed by atoms with Crippen molar-refractivity contribution in [3.63, 3.8) is 0 Å². The normalized spacial score (nSPS) is 17.0. The second kappa shape index (κ2) is 6.61. The molecule has 6 heteroatoms. The molecule has 1 fully saturated rings. The van der Waals surface area contributed by atoms with Crippen LogP contribution in [0.1, 0.15) is 34.9 Å². The maximum absolute atomic E-state index is 13.4. The number of halogens is 1. The number of amides is 1. The lowest BCUT2D eigenvalue weighted by molar-refractivity contribution is -0.117. The highest BCUT2D eigenvalue weighted by Crippen LogP contribution is 2.34. The van der Waals surface area contributed by atoms with Gasteiger partial charge in [-0.2, -0.15) is 4.98 Å². The average molecular weight is 365 g/mol. The van der Waals surface area contributed by atoms with Gasteiger partial charge >= 0.3 is 0 Å². The molecule has 2 heterocycles. The molecule has 0 radical (unpaired) electrons. The van der Waals surface area contributed by atoms with Crippen LogP contribution in [0.4, 0.5) is 10.1 Å². The Morgan fingerprint density at radius 2 is 1.93 bits per heavy atom. The number of anilines is 1. The van der Waals surface area contributed by atoms with E-state index in [0.29, 0.717) is 24.7 Å². The van der Waals surface area contributed by atoms with Gasteiger partial charge in [0.2, 0.25) is 17.6 Å². The van der Waals surface area contributed by atoms with Crippen LogP contribution < -0.4 is 4.90 Å². The summed E-state index contributed by atoms with van der Waals surface area (Å²) in [5.41, 5.74) is 4.57. The van der Waals surface area contributed by atoms with E-state index >= 15 is 0 Å². The fourth-order valence-electron chi connectivity index (χ4n) is 3.51. The first kappa shape index (κ1) is 17.4. The number of carbonyl (C=O) groups is 1. The van der Waals surface area contributed by atoms with E-state index in [4.69, 9.17) is 4.52 Å². The number of carbonyl (C=O) groups excluding carboxylic acids is 1. The molecule has 1 saturated heterocycles. The fraction of sp³-hybridized carbons (Fsp3) is 0.286. The van der Waals surface area contributed by atoms with Crippen LogP contribution in [0.25, 0.3) is 11.4 Å². The van der Waals surface area contributed by atoms with E-state index in [1.165, 1.54) is 12.1 Å². The first-order valence-corrected chi connectivity index (χ1v) is 8.90. The van der Waals surface area contributed by atoms with Crippen LogP contribution in [0.3, 0.4) is 0 Å². The molecule has 4 rings (SSSR count). The Labute approximate surface area is 156 Å². The molecule has 0 bridgehead atoms. The third-order valence-corrected chi connectivity index (χ3v) is 5.00. The van der Waals surface area contributed by atoms with Gasteiger partial charge in [0.15, 0.2) is 0 Å². The summed E-state index contributed by atoms with van der Waals surface area (Å²) in [4.78, 5) is 18.7. The van der Waals surface area contributed by atoms with Crippen molar-refractivity contribution in [2.75, 3.05) is 11.4 Å².